The number of halogens is 1. The van der Waals surface area contributed by atoms with Crippen molar-refractivity contribution in [3.8, 4) is 0 Å². The summed E-state index contributed by atoms with van der Waals surface area (Å²) >= 11 is 6.22. The zero-order valence-electron chi connectivity index (χ0n) is 9.66. The molecule has 0 unspecified atom stereocenters. The van der Waals surface area contributed by atoms with E-state index in [1.165, 1.54) is 7.11 Å². The van der Waals surface area contributed by atoms with Gasteiger partial charge in [-0.05, 0) is 30.5 Å². The fourth-order valence-electron chi connectivity index (χ4n) is 1.70. The first-order valence-electron chi connectivity index (χ1n) is 5.02. The van der Waals surface area contributed by atoms with Crippen molar-refractivity contribution in [2.24, 2.45) is 5.73 Å². The Labute approximate surface area is 101 Å². The predicted molar refractivity (Wildman–Crippen MR) is 64.5 cm³/mol. The Morgan fingerprint density at radius 1 is 1.38 bits per heavy atom. The summed E-state index contributed by atoms with van der Waals surface area (Å²) in [4.78, 5) is 11.3. The average molecular weight is 242 g/mol. The van der Waals surface area contributed by atoms with E-state index in [1.807, 2.05) is 32.0 Å². The van der Waals surface area contributed by atoms with Crippen molar-refractivity contribution in [1.29, 1.82) is 0 Å². The molecular weight excluding hydrogens is 226 g/mol. The number of esters is 1. The third-order valence-corrected chi connectivity index (χ3v) is 3.10. The summed E-state index contributed by atoms with van der Waals surface area (Å²) in [7, 11) is 1.30. The molecule has 0 aliphatic heterocycles. The fraction of sp³-hybridized carbons (Fsp3) is 0.417. The second kappa shape index (κ2) is 5.32. The minimum Gasteiger partial charge on any atom is -0.468 e. The number of ether oxygens (including phenoxy) is 1. The normalized spacial score (nSPS) is 14.3. The minimum absolute atomic E-state index is 0.498. The molecule has 0 aliphatic carbocycles. The first-order chi connectivity index (χ1) is 7.49. The number of alkyl halides is 1. The van der Waals surface area contributed by atoms with Crippen LogP contribution in [0.4, 0.5) is 0 Å². The van der Waals surface area contributed by atoms with Crippen LogP contribution in [0.5, 0.6) is 0 Å². The highest BCUT2D eigenvalue weighted by Gasteiger charge is 2.27. The largest absolute Gasteiger partial charge is 0.468 e. The summed E-state index contributed by atoms with van der Waals surface area (Å²) in [5.41, 5.74) is 8.69. The first kappa shape index (κ1) is 13.0. The summed E-state index contributed by atoms with van der Waals surface area (Å²) in [6.45, 7) is 3.89. The van der Waals surface area contributed by atoms with Gasteiger partial charge in [0.25, 0.3) is 0 Å². The molecule has 1 rings (SSSR count). The Morgan fingerprint density at radius 2 is 1.88 bits per heavy atom. The number of carbonyl (C=O) groups excluding carboxylic acids is 1. The molecule has 0 bridgehead atoms. The molecule has 0 radical (unpaired) electrons. The van der Waals surface area contributed by atoms with Crippen LogP contribution in [0, 0.1) is 13.8 Å². The van der Waals surface area contributed by atoms with E-state index in [1.54, 1.807) is 0 Å². The zero-order valence-corrected chi connectivity index (χ0v) is 10.4. The molecule has 0 aliphatic rings. The van der Waals surface area contributed by atoms with Gasteiger partial charge in [-0.2, -0.15) is 0 Å². The lowest BCUT2D eigenvalue weighted by atomic mass is 9.96. The number of aryl methyl sites for hydroxylation is 2. The number of methoxy groups -OCH3 is 1. The van der Waals surface area contributed by atoms with E-state index < -0.39 is 17.4 Å². The van der Waals surface area contributed by atoms with E-state index in [0.717, 1.165) is 16.7 Å². The van der Waals surface area contributed by atoms with Crippen molar-refractivity contribution in [1.82, 2.24) is 0 Å². The molecular formula is C12H16ClNO2. The van der Waals surface area contributed by atoms with Crippen LogP contribution in [0.15, 0.2) is 18.2 Å². The van der Waals surface area contributed by atoms with Gasteiger partial charge in [-0.1, -0.05) is 18.2 Å². The zero-order chi connectivity index (χ0) is 12.3. The van der Waals surface area contributed by atoms with Crippen molar-refractivity contribution < 1.29 is 9.53 Å². The van der Waals surface area contributed by atoms with Crippen molar-refractivity contribution in [2.75, 3.05) is 7.11 Å². The van der Waals surface area contributed by atoms with Crippen molar-refractivity contribution in [2.45, 2.75) is 25.3 Å². The highest BCUT2D eigenvalue weighted by Crippen LogP contribution is 2.29. The maximum Gasteiger partial charge on any atom is 0.324 e. The molecule has 0 saturated carbocycles. The smallest absolute Gasteiger partial charge is 0.324 e. The molecule has 0 heterocycles. The monoisotopic (exact) mass is 241 g/mol. The molecule has 16 heavy (non-hydrogen) atoms. The lowest BCUT2D eigenvalue weighted by Crippen LogP contribution is -2.36. The summed E-state index contributed by atoms with van der Waals surface area (Å²) in [5, 5.41) is -0.561. The van der Waals surface area contributed by atoms with E-state index in [9.17, 15) is 4.79 Å². The molecule has 0 fully saturated rings. The second-order valence-electron chi connectivity index (χ2n) is 3.76. The number of rotatable bonds is 3. The fourth-order valence-corrected chi connectivity index (χ4v) is 2.14. The summed E-state index contributed by atoms with van der Waals surface area (Å²) in [6, 6.07) is 5.00. The van der Waals surface area contributed by atoms with Gasteiger partial charge in [-0.3, -0.25) is 4.79 Å². The molecule has 0 saturated heterocycles. The molecule has 2 atom stereocenters. The van der Waals surface area contributed by atoms with Crippen LogP contribution in [0.2, 0.25) is 0 Å². The second-order valence-corrected chi connectivity index (χ2v) is 4.23. The number of nitrogens with two attached hydrogens (primary N) is 1. The van der Waals surface area contributed by atoms with E-state index in [4.69, 9.17) is 17.3 Å². The lowest BCUT2D eigenvalue weighted by molar-refractivity contribution is -0.142. The van der Waals surface area contributed by atoms with Crippen LogP contribution >= 0.6 is 11.6 Å². The number of hydrogen-bond donors (Lipinski definition) is 1. The van der Waals surface area contributed by atoms with Gasteiger partial charge in [0.05, 0.1) is 12.5 Å². The van der Waals surface area contributed by atoms with Crippen molar-refractivity contribution >= 4 is 17.6 Å². The Morgan fingerprint density at radius 3 is 2.31 bits per heavy atom. The van der Waals surface area contributed by atoms with Crippen LogP contribution in [0.25, 0.3) is 0 Å². The standard InChI is InChI=1S/C12H16ClNO2/c1-7-5-4-6-8(2)9(7)10(13)11(14)12(15)16-3/h4-6,10-11H,14H2,1-3H3/t10-,11-/m1/s1. The number of carbonyl (C=O) groups is 1. The third-order valence-electron chi connectivity index (χ3n) is 2.61. The van der Waals surface area contributed by atoms with Crippen LogP contribution in [0.3, 0.4) is 0 Å². The third kappa shape index (κ3) is 2.54. The van der Waals surface area contributed by atoms with Crippen molar-refractivity contribution in [3.63, 3.8) is 0 Å². The van der Waals surface area contributed by atoms with Crippen LogP contribution in [-0.4, -0.2) is 19.1 Å². The van der Waals surface area contributed by atoms with E-state index in [0.29, 0.717) is 0 Å². The summed E-state index contributed by atoms with van der Waals surface area (Å²) in [6.07, 6.45) is 0. The van der Waals surface area contributed by atoms with Crippen LogP contribution in [-0.2, 0) is 9.53 Å². The molecule has 88 valence electrons. The SMILES string of the molecule is COC(=O)[C@H](N)[C@H](Cl)c1c(C)cccc1C. The molecule has 0 amide bonds. The highest BCUT2D eigenvalue weighted by molar-refractivity contribution is 6.23. The molecule has 2 N–H and O–H groups in total. The molecule has 0 spiro atoms. The molecule has 0 aromatic heterocycles. The van der Waals surface area contributed by atoms with Crippen LogP contribution < -0.4 is 5.73 Å². The van der Waals surface area contributed by atoms with Gasteiger partial charge in [0, 0.05) is 0 Å². The lowest BCUT2D eigenvalue weighted by Gasteiger charge is -2.20. The maximum absolute atomic E-state index is 11.3. The number of hydrogen-bond acceptors (Lipinski definition) is 3. The Bertz CT molecular complexity index is 372. The topological polar surface area (TPSA) is 52.3 Å². The van der Waals surface area contributed by atoms with Gasteiger partial charge in [-0.25, -0.2) is 0 Å². The number of benzene rings is 1. The van der Waals surface area contributed by atoms with Crippen molar-refractivity contribution in [3.05, 3.63) is 34.9 Å². The molecule has 1 aromatic carbocycles. The van der Waals surface area contributed by atoms with Gasteiger partial charge >= 0.3 is 5.97 Å². The molecule has 1 aromatic rings. The van der Waals surface area contributed by atoms with Gasteiger partial charge in [0.1, 0.15) is 6.04 Å². The molecule has 3 nitrogen and oxygen atoms in total. The van der Waals surface area contributed by atoms with Gasteiger partial charge in [0.2, 0.25) is 0 Å². The minimum atomic E-state index is -0.841. The quantitative estimate of drug-likeness (QED) is 0.651. The van der Waals surface area contributed by atoms with E-state index >= 15 is 0 Å². The van der Waals surface area contributed by atoms with Gasteiger partial charge in [-0.15, -0.1) is 11.6 Å². The average Bonchev–Trinajstić information content (AvgIpc) is 2.26. The predicted octanol–water partition coefficient (Wildman–Crippen LogP) is 2.08. The van der Waals surface area contributed by atoms with E-state index in [-0.39, 0.29) is 0 Å². The summed E-state index contributed by atoms with van der Waals surface area (Å²) in [5.74, 6) is -0.498. The Balaban J connectivity index is 3.04. The van der Waals surface area contributed by atoms with Gasteiger partial charge < -0.3 is 10.5 Å². The Kier molecular flexibility index (Phi) is 4.33. The first-order valence-corrected chi connectivity index (χ1v) is 5.46. The maximum atomic E-state index is 11.3. The van der Waals surface area contributed by atoms with Gasteiger partial charge in [0.15, 0.2) is 0 Å². The van der Waals surface area contributed by atoms with Crippen LogP contribution in [0.1, 0.15) is 22.1 Å². The highest BCUT2D eigenvalue weighted by atomic mass is 35.5. The Hall–Kier alpha value is -1.06. The summed E-state index contributed by atoms with van der Waals surface area (Å²) < 4.78 is 4.59. The molecule has 4 heteroatoms. The van der Waals surface area contributed by atoms with E-state index in [2.05, 4.69) is 4.74 Å².